The van der Waals surface area contributed by atoms with Crippen molar-refractivity contribution in [3.8, 4) is 5.69 Å². The van der Waals surface area contributed by atoms with Crippen molar-refractivity contribution < 1.29 is 5.11 Å². The van der Waals surface area contributed by atoms with Crippen LogP contribution in [0.3, 0.4) is 0 Å². The maximum Gasteiger partial charge on any atom is 0.0834 e. The van der Waals surface area contributed by atoms with E-state index in [1.54, 1.807) is 0 Å². The zero-order valence-corrected chi connectivity index (χ0v) is 15.9. The molecule has 2 aromatic rings. The lowest BCUT2D eigenvalue weighted by molar-refractivity contribution is 0.0706. The fourth-order valence-electron chi connectivity index (χ4n) is 4.72. The number of benzene rings is 1. The normalized spacial score (nSPS) is 25.0. The highest BCUT2D eigenvalue weighted by Crippen LogP contribution is 2.26. The Kier molecular flexibility index (Phi) is 5.11. The minimum absolute atomic E-state index is 0.243. The largest absolute Gasteiger partial charge is 0.390 e. The number of hydrogen-bond donors (Lipinski definition) is 1. The minimum Gasteiger partial charge on any atom is -0.390 e. The number of piperidine rings is 1. The Hall–Kier alpha value is -1.69. The monoisotopic (exact) mass is 354 g/mol. The molecule has 1 aromatic heterocycles. The minimum atomic E-state index is -0.243. The molecule has 140 valence electrons. The molecule has 0 amide bonds. The maximum atomic E-state index is 10.7. The highest BCUT2D eigenvalue weighted by Gasteiger charge is 2.36. The number of likely N-dealkylation sites (tertiary alicyclic amines) is 2. The van der Waals surface area contributed by atoms with E-state index in [1.165, 1.54) is 41.6 Å². The smallest absolute Gasteiger partial charge is 0.0834 e. The van der Waals surface area contributed by atoms with Crippen LogP contribution in [0.4, 0.5) is 0 Å². The van der Waals surface area contributed by atoms with E-state index >= 15 is 0 Å². The van der Waals surface area contributed by atoms with Gasteiger partial charge in [-0.2, -0.15) is 5.10 Å². The van der Waals surface area contributed by atoms with E-state index in [1.807, 2.05) is 23.1 Å². The second kappa shape index (κ2) is 7.51. The van der Waals surface area contributed by atoms with Crippen molar-refractivity contribution in [1.29, 1.82) is 0 Å². The van der Waals surface area contributed by atoms with Gasteiger partial charge in [-0.3, -0.25) is 9.80 Å². The first kappa shape index (κ1) is 17.7. The molecule has 2 aliphatic rings. The maximum absolute atomic E-state index is 10.7. The molecule has 2 fully saturated rings. The van der Waals surface area contributed by atoms with Crippen LogP contribution < -0.4 is 0 Å². The number of rotatable bonds is 4. The molecule has 4 rings (SSSR count). The quantitative estimate of drug-likeness (QED) is 0.916. The second-order valence-corrected chi connectivity index (χ2v) is 7.97. The van der Waals surface area contributed by atoms with E-state index in [-0.39, 0.29) is 12.1 Å². The summed E-state index contributed by atoms with van der Waals surface area (Å²) in [6, 6.07) is 6.74. The average Bonchev–Trinajstić information content (AvgIpc) is 3.25. The summed E-state index contributed by atoms with van der Waals surface area (Å²) in [5.74, 6) is 0. The molecule has 0 spiro atoms. The van der Waals surface area contributed by atoms with E-state index in [0.29, 0.717) is 0 Å². The predicted molar refractivity (Wildman–Crippen MR) is 104 cm³/mol. The van der Waals surface area contributed by atoms with Crippen molar-refractivity contribution in [2.24, 2.45) is 0 Å². The van der Waals surface area contributed by atoms with E-state index in [0.717, 1.165) is 32.7 Å². The van der Waals surface area contributed by atoms with Gasteiger partial charge in [0, 0.05) is 38.1 Å². The van der Waals surface area contributed by atoms with Gasteiger partial charge in [0.05, 0.1) is 11.8 Å². The van der Waals surface area contributed by atoms with Crippen LogP contribution in [-0.4, -0.2) is 63.0 Å². The SMILES string of the molecule is Cc1cc(C)c(-n2cccn2)c(CN2C[C@H](O)[C@@H](N3CCCCC3)C2)c1. The van der Waals surface area contributed by atoms with Gasteiger partial charge in [0.2, 0.25) is 0 Å². The standard InChI is InChI=1S/C21H30N4O/c1-16-11-17(2)21(25-10-6-7-22-25)18(12-16)13-23-14-19(20(26)15-23)24-8-4-3-5-9-24/h6-7,10-12,19-20,26H,3-5,8-9,13-15H2,1-2H3/t19-,20-/m0/s1. The Balaban J connectivity index is 1.54. The molecular formula is C21H30N4O. The molecule has 1 aromatic carbocycles. The topological polar surface area (TPSA) is 44.5 Å². The molecule has 2 saturated heterocycles. The van der Waals surface area contributed by atoms with Gasteiger partial charge >= 0.3 is 0 Å². The lowest BCUT2D eigenvalue weighted by atomic mass is 10.0. The predicted octanol–water partition coefficient (Wildman–Crippen LogP) is 2.52. The summed E-state index contributed by atoms with van der Waals surface area (Å²) in [7, 11) is 0. The summed E-state index contributed by atoms with van der Waals surface area (Å²) < 4.78 is 1.97. The van der Waals surface area contributed by atoms with Crippen molar-refractivity contribution in [3.63, 3.8) is 0 Å². The Labute approximate surface area is 156 Å². The molecule has 0 radical (unpaired) electrons. The average molecular weight is 354 g/mol. The molecule has 2 atom stereocenters. The van der Waals surface area contributed by atoms with Crippen LogP contribution in [0.2, 0.25) is 0 Å². The van der Waals surface area contributed by atoms with Gasteiger partial charge in [-0.15, -0.1) is 0 Å². The van der Waals surface area contributed by atoms with E-state index in [2.05, 4.69) is 40.9 Å². The fraction of sp³-hybridized carbons (Fsp3) is 0.571. The molecule has 0 aliphatic carbocycles. The summed E-state index contributed by atoms with van der Waals surface area (Å²) in [5.41, 5.74) is 4.99. The van der Waals surface area contributed by atoms with Crippen LogP contribution >= 0.6 is 0 Å². The van der Waals surface area contributed by atoms with Crippen LogP contribution in [0, 0.1) is 13.8 Å². The Morgan fingerprint density at radius 2 is 1.92 bits per heavy atom. The molecule has 26 heavy (non-hydrogen) atoms. The van der Waals surface area contributed by atoms with Gasteiger partial charge in [-0.25, -0.2) is 4.68 Å². The summed E-state index contributed by atoms with van der Waals surface area (Å²) >= 11 is 0. The first-order chi connectivity index (χ1) is 12.6. The summed E-state index contributed by atoms with van der Waals surface area (Å²) in [6.07, 6.45) is 7.46. The van der Waals surface area contributed by atoms with Crippen LogP contribution in [0.1, 0.15) is 36.0 Å². The molecule has 5 nitrogen and oxygen atoms in total. The molecule has 0 saturated carbocycles. The zero-order valence-electron chi connectivity index (χ0n) is 15.9. The van der Waals surface area contributed by atoms with E-state index in [9.17, 15) is 5.11 Å². The van der Waals surface area contributed by atoms with Crippen molar-refractivity contribution in [3.05, 3.63) is 47.3 Å². The van der Waals surface area contributed by atoms with Gasteiger partial charge in [-0.05, 0) is 57.0 Å². The number of hydrogen-bond acceptors (Lipinski definition) is 4. The molecule has 0 bridgehead atoms. The highest BCUT2D eigenvalue weighted by molar-refractivity contribution is 5.49. The molecule has 5 heteroatoms. The van der Waals surface area contributed by atoms with Crippen molar-refractivity contribution >= 4 is 0 Å². The molecule has 0 unspecified atom stereocenters. The van der Waals surface area contributed by atoms with Crippen LogP contribution in [0.15, 0.2) is 30.6 Å². The Bertz CT molecular complexity index is 737. The van der Waals surface area contributed by atoms with Gasteiger partial charge in [0.15, 0.2) is 0 Å². The number of aliphatic hydroxyl groups excluding tert-OH is 1. The van der Waals surface area contributed by atoms with Gasteiger partial charge in [0.1, 0.15) is 0 Å². The lowest BCUT2D eigenvalue weighted by Gasteiger charge is -2.33. The number of nitrogens with zero attached hydrogens (tertiary/aromatic N) is 4. The van der Waals surface area contributed by atoms with Gasteiger partial charge in [-0.1, -0.05) is 24.1 Å². The number of aliphatic hydroxyl groups is 1. The van der Waals surface area contributed by atoms with E-state index < -0.39 is 0 Å². The van der Waals surface area contributed by atoms with Crippen LogP contribution in [0.5, 0.6) is 0 Å². The highest BCUT2D eigenvalue weighted by atomic mass is 16.3. The number of aryl methyl sites for hydroxylation is 2. The zero-order chi connectivity index (χ0) is 18.1. The summed E-state index contributed by atoms with van der Waals surface area (Å²) in [6.45, 7) is 9.15. The second-order valence-electron chi connectivity index (χ2n) is 7.97. The number of β-amino-alcohol motifs (C(OH)–C–C–N with tert-alkyl or cyclic N) is 1. The summed E-state index contributed by atoms with van der Waals surface area (Å²) in [4.78, 5) is 4.91. The van der Waals surface area contributed by atoms with Crippen molar-refractivity contribution in [2.45, 2.75) is 51.8 Å². The van der Waals surface area contributed by atoms with Crippen molar-refractivity contribution in [1.82, 2.24) is 19.6 Å². The molecule has 3 heterocycles. The Morgan fingerprint density at radius 3 is 2.65 bits per heavy atom. The van der Waals surface area contributed by atoms with Gasteiger partial charge in [0.25, 0.3) is 0 Å². The third kappa shape index (κ3) is 3.56. The first-order valence-corrected chi connectivity index (χ1v) is 9.86. The van der Waals surface area contributed by atoms with Crippen molar-refractivity contribution in [2.75, 3.05) is 26.2 Å². The van der Waals surface area contributed by atoms with E-state index in [4.69, 9.17) is 0 Å². The Morgan fingerprint density at radius 1 is 1.12 bits per heavy atom. The third-order valence-corrected chi connectivity index (χ3v) is 5.85. The number of aromatic nitrogens is 2. The first-order valence-electron chi connectivity index (χ1n) is 9.86. The molecular weight excluding hydrogens is 324 g/mol. The van der Waals surface area contributed by atoms with Crippen LogP contribution in [-0.2, 0) is 6.54 Å². The molecule has 2 aliphatic heterocycles. The molecule has 1 N–H and O–H groups in total. The lowest BCUT2D eigenvalue weighted by Crippen LogP contribution is -2.45. The third-order valence-electron chi connectivity index (χ3n) is 5.85. The fourth-order valence-corrected chi connectivity index (χ4v) is 4.72. The van der Waals surface area contributed by atoms with Crippen LogP contribution in [0.25, 0.3) is 5.69 Å². The summed E-state index contributed by atoms with van der Waals surface area (Å²) in [5, 5.41) is 15.1. The van der Waals surface area contributed by atoms with Gasteiger partial charge < -0.3 is 5.11 Å².